The first-order valence-electron chi connectivity index (χ1n) is 5.12. The number of carbonyl (C=O) groups is 1. The van der Waals surface area contributed by atoms with Crippen LogP contribution in [0.5, 0.6) is 0 Å². The molecule has 1 saturated carbocycles. The average molecular weight is 213 g/mol. The molecule has 1 aliphatic rings. The molecular formula is C10H19N3O2. The lowest BCUT2D eigenvalue weighted by molar-refractivity contribution is -0.132. The molecule has 0 aromatic heterocycles. The molecule has 1 fully saturated rings. The van der Waals surface area contributed by atoms with Crippen molar-refractivity contribution in [3.63, 3.8) is 0 Å². The second kappa shape index (κ2) is 3.72. The van der Waals surface area contributed by atoms with E-state index < -0.39 is 5.41 Å². The van der Waals surface area contributed by atoms with Gasteiger partial charge in [0.2, 0.25) is 5.91 Å². The Kier molecular flexibility index (Phi) is 2.93. The summed E-state index contributed by atoms with van der Waals surface area (Å²) in [7, 11) is 0. The lowest BCUT2D eigenvalue weighted by Crippen LogP contribution is -2.57. The Morgan fingerprint density at radius 2 is 2.00 bits per heavy atom. The maximum atomic E-state index is 12.0. The number of nitrogens with zero attached hydrogens (tertiary/aromatic N) is 1. The highest BCUT2D eigenvalue weighted by atomic mass is 16.4. The minimum atomic E-state index is -0.776. The second-order valence-electron chi connectivity index (χ2n) is 5.13. The van der Waals surface area contributed by atoms with E-state index in [1.165, 1.54) is 0 Å². The van der Waals surface area contributed by atoms with Gasteiger partial charge in [0, 0.05) is 5.54 Å². The molecule has 86 valence electrons. The van der Waals surface area contributed by atoms with E-state index in [0.29, 0.717) is 12.8 Å². The number of nitrogens with two attached hydrogens (primary N) is 1. The van der Waals surface area contributed by atoms with E-state index in [1.807, 2.05) is 20.8 Å². The van der Waals surface area contributed by atoms with E-state index in [0.717, 1.165) is 6.42 Å². The van der Waals surface area contributed by atoms with Crippen LogP contribution >= 0.6 is 0 Å². The van der Waals surface area contributed by atoms with Gasteiger partial charge in [-0.15, -0.1) is 0 Å². The van der Waals surface area contributed by atoms with Crippen LogP contribution in [0.1, 0.15) is 40.0 Å². The zero-order chi connectivity index (χ0) is 11.7. The van der Waals surface area contributed by atoms with Crippen LogP contribution in [0.2, 0.25) is 0 Å². The molecule has 1 rings (SSSR count). The van der Waals surface area contributed by atoms with Crippen LogP contribution in [0.3, 0.4) is 0 Å². The number of rotatable bonds is 2. The van der Waals surface area contributed by atoms with Crippen LogP contribution in [0, 0.1) is 5.41 Å². The van der Waals surface area contributed by atoms with Crippen LogP contribution in [0.4, 0.5) is 0 Å². The summed E-state index contributed by atoms with van der Waals surface area (Å²) >= 11 is 0. The standard InChI is InChI=1S/C10H19N3O2/c1-9(2,3)12-8(14)10(5-4-6-10)7(11)13-15/h15H,4-6H2,1-3H3,(H2,11,13)(H,12,14). The van der Waals surface area contributed by atoms with Gasteiger partial charge in [-0.2, -0.15) is 0 Å². The van der Waals surface area contributed by atoms with E-state index in [4.69, 9.17) is 10.9 Å². The summed E-state index contributed by atoms with van der Waals surface area (Å²) < 4.78 is 0. The van der Waals surface area contributed by atoms with Crippen molar-refractivity contribution in [2.24, 2.45) is 16.3 Å². The molecule has 0 bridgehead atoms. The minimum Gasteiger partial charge on any atom is -0.409 e. The summed E-state index contributed by atoms with van der Waals surface area (Å²) in [5, 5.41) is 14.5. The van der Waals surface area contributed by atoms with Crippen LogP contribution in [0.25, 0.3) is 0 Å². The topological polar surface area (TPSA) is 87.7 Å². The number of oxime groups is 1. The Bertz CT molecular complexity index is 288. The molecule has 0 atom stereocenters. The molecule has 1 aliphatic carbocycles. The summed E-state index contributed by atoms with van der Waals surface area (Å²) in [5.41, 5.74) is 4.50. The first-order chi connectivity index (χ1) is 6.82. The largest absolute Gasteiger partial charge is 0.409 e. The molecule has 0 spiro atoms. The van der Waals surface area contributed by atoms with Crippen molar-refractivity contribution in [1.29, 1.82) is 0 Å². The monoisotopic (exact) mass is 213 g/mol. The number of carbonyl (C=O) groups excluding carboxylic acids is 1. The molecule has 0 aliphatic heterocycles. The Labute approximate surface area is 89.7 Å². The second-order valence-corrected chi connectivity index (χ2v) is 5.13. The SMILES string of the molecule is CC(C)(C)NC(=O)C1(C(N)=NO)CCC1. The number of hydrogen-bond donors (Lipinski definition) is 3. The van der Waals surface area contributed by atoms with Crippen LogP contribution in [-0.4, -0.2) is 22.5 Å². The van der Waals surface area contributed by atoms with Crippen molar-refractivity contribution in [3.8, 4) is 0 Å². The Balaban J connectivity index is 2.80. The van der Waals surface area contributed by atoms with Crippen molar-refractivity contribution >= 4 is 11.7 Å². The van der Waals surface area contributed by atoms with Crippen LogP contribution in [0.15, 0.2) is 5.16 Å². The molecule has 15 heavy (non-hydrogen) atoms. The van der Waals surface area contributed by atoms with Crippen molar-refractivity contribution in [2.45, 2.75) is 45.6 Å². The number of amidine groups is 1. The van der Waals surface area contributed by atoms with Gasteiger partial charge in [0.05, 0.1) is 0 Å². The maximum absolute atomic E-state index is 12.0. The lowest BCUT2D eigenvalue weighted by atomic mass is 9.67. The van der Waals surface area contributed by atoms with Gasteiger partial charge < -0.3 is 16.3 Å². The smallest absolute Gasteiger partial charge is 0.234 e. The Morgan fingerprint density at radius 1 is 1.47 bits per heavy atom. The maximum Gasteiger partial charge on any atom is 0.234 e. The zero-order valence-corrected chi connectivity index (χ0v) is 9.50. The third-order valence-corrected chi connectivity index (χ3v) is 2.73. The fourth-order valence-corrected chi connectivity index (χ4v) is 1.69. The van der Waals surface area contributed by atoms with Gasteiger partial charge in [0.15, 0.2) is 5.84 Å². The molecule has 5 nitrogen and oxygen atoms in total. The van der Waals surface area contributed by atoms with Gasteiger partial charge in [-0.3, -0.25) is 4.79 Å². The van der Waals surface area contributed by atoms with Crippen molar-refractivity contribution in [3.05, 3.63) is 0 Å². The van der Waals surface area contributed by atoms with E-state index in [2.05, 4.69) is 10.5 Å². The molecule has 0 aromatic carbocycles. The van der Waals surface area contributed by atoms with Gasteiger partial charge in [0.1, 0.15) is 5.41 Å². The molecule has 0 heterocycles. The highest BCUT2D eigenvalue weighted by Gasteiger charge is 2.49. The molecule has 0 aromatic rings. The minimum absolute atomic E-state index is 0.0236. The predicted octanol–water partition coefficient (Wildman–Crippen LogP) is 0.818. The summed E-state index contributed by atoms with van der Waals surface area (Å²) in [6, 6.07) is 0. The first kappa shape index (κ1) is 11.8. The van der Waals surface area contributed by atoms with E-state index in [9.17, 15) is 4.79 Å². The van der Waals surface area contributed by atoms with Crippen molar-refractivity contribution < 1.29 is 10.0 Å². The predicted molar refractivity (Wildman–Crippen MR) is 57.6 cm³/mol. The Hall–Kier alpha value is -1.26. The van der Waals surface area contributed by atoms with Gasteiger partial charge >= 0.3 is 0 Å². The third kappa shape index (κ3) is 2.22. The van der Waals surface area contributed by atoms with Crippen LogP contribution < -0.4 is 11.1 Å². The Morgan fingerprint density at radius 3 is 2.27 bits per heavy atom. The fraction of sp³-hybridized carbons (Fsp3) is 0.800. The van der Waals surface area contributed by atoms with E-state index in [1.54, 1.807) is 0 Å². The molecule has 1 amide bonds. The van der Waals surface area contributed by atoms with Crippen molar-refractivity contribution in [1.82, 2.24) is 5.32 Å². The summed E-state index contributed by atoms with van der Waals surface area (Å²) in [5.74, 6) is -0.118. The number of nitrogens with one attached hydrogen (secondary N) is 1. The molecule has 5 heteroatoms. The molecule has 0 unspecified atom stereocenters. The van der Waals surface area contributed by atoms with Gasteiger partial charge in [-0.1, -0.05) is 11.6 Å². The highest BCUT2D eigenvalue weighted by molar-refractivity contribution is 6.07. The molecular weight excluding hydrogens is 194 g/mol. The highest BCUT2D eigenvalue weighted by Crippen LogP contribution is 2.41. The summed E-state index contributed by atoms with van der Waals surface area (Å²) in [6.45, 7) is 5.72. The van der Waals surface area contributed by atoms with E-state index >= 15 is 0 Å². The first-order valence-corrected chi connectivity index (χ1v) is 5.12. The van der Waals surface area contributed by atoms with Gasteiger partial charge in [-0.25, -0.2) is 0 Å². The summed E-state index contributed by atoms with van der Waals surface area (Å²) in [6.07, 6.45) is 2.25. The third-order valence-electron chi connectivity index (χ3n) is 2.73. The molecule has 0 radical (unpaired) electrons. The molecule has 4 N–H and O–H groups in total. The number of hydrogen-bond acceptors (Lipinski definition) is 3. The average Bonchev–Trinajstić information content (AvgIpc) is 1.98. The number of amides is 1. The van der Waals surface area contributed by atoms with Crippen LogP contribution in [-0.2, 0) is 4.79 Å². The van der Waals surface area contributed by atoms with E-state index in [-0.39, 0.29) is 17.3 Å². The lowest BCUT2D eigenvalue weighted by Gasteiger charge is -2.40. The molecule has 0 saturated heterocycles. The fourth-order valence-electron chi connectivity index (χ4n) is 1.69. The van der Waals surface area contributed by atoms with Gasteiger partial charge in [0.25, 0.3) is 0 Å². The van der Waals surface area contributed by atoms with Crippen molar-refractivity contribution in [2.75, 3.05) is 0 Å². The van der Waals surface area contributed by atoms with Gasteiger partial charge in [-0.05, 0) is 33.6 Å². The normalized spacial score (nSPS) is 20.6. The zero-order valence-electron chi connectivity index (χ0n) is 9.50. The summed E-state index contributed by atoms with van der Waals surface area (Å²) in [4.78, 5) is 12.0. The quantitative estimate of drug-likeness (QED) is 0.274.